The van der Waals surface area contributed by atoms with Gasteiger partial charge in [-0.25, -0.2) is 4.79 Å². The number of hydrogen-bond donors (Lipinski definition) is 0. The van der Waals surface area contributed by atoms with E-state index < -0.39 is 0 Å². The topological polar surface area (TPSA) is 47.3 Å². The standard InChI is InChI=1S/C18H10O3/c19-16-10-15(13-3-1-2-4-14(13)16)11-5-7-17-12(9-11)6-8-18(20)21-17/h1-10H. The van der Waals surface area contributed by atoms with Crippen molar-refractivity contribution in [3.05, 3.63) is 87.8 Å². The van der Waals surface area contributed by atoms with Gasteiger partial charge >= 0.3 is 5.63 Å². The Balaban J connectivity index is 1.92. The van der Waals surface area contributed by atoms with Gasteiger partial charge in [0.25, 0.3) is 0 Å². The Bertz CT molecular complexity index is 977. The summed E-state index contributed by atoms with van der Waals surface area (Å²) in [6.07, 6.45) is 1.66. The van der Waals surface area contributed by atoms with Gasteiger partial charge in [0.15, 0.2) is 5.78 Å². The Kier molecular flexibility index (Phi) is 2.42. The summed E-state index contributed by atoms with van der Waals surface area (Å²) in [7, 11) is 0. The van der Waals surface area contributed by atoms with Crippen LogP contribution in [0.15, 0.2) is 69.9 Å². The van der Waals surface area contributed by atoms with E-state index in [0.717, 1.165) is 27.6 Å². The van der Waals surface area contributed by atoms with E-state index >= 15 is 0 Å². The Hall–Kier alpha value is -2.94. The molecule has 3 heteroatoms. The molecule has 0 amide bonds. The maximum atomic E-state index is 12.0. The summed E-state index contributed by atoms with van der Waals surface area (Å²) in [5.41, 5.74) is 3.70. The van der Waals surface area contributed by atoms with Gasteiger partial charge in [-0.1, -0.05) is 30.3 Å². The molecule has 0 saturated heterocycles. The highest BCUT2D eigenvalue weighted by Crippen LogP contribution is 2.33. The molecule has 1 aromatic heterocycles. The molecule has 3 nitrogen and oxygen atoms in total. The molecule has 0 unspecified atom stereocenters. The number of rotatable bonds is 1. The monoisotopic (exact) mass is 274 g/mol. The van der Waals surface area contributed by atoms with Gasteiger partial charge < -0.3 is 4.42 Å². The highest BCUT2D eigenvalue weighted by molar-refractivity contribution is 6.19. The number of benzene rings is 2. The Morgan fingerprint density at radius 2 is 1.62 bits per heavy atom. The van der Waals surface area contributed by atoms with Crippen molar-refractivity contribution in [3.8, 4) is 0 Å². The maximum absolute atomic E-state index is 12.0. The van der Waals surface area contributed by atoms with Crippen LogP contribution in [0.4, 0.5) is 0 Å². The number of allylic oxidation sites excluding steroid dienone is 1. The van der Waals surface area contributed by atoms with Crippen LogP contribution in [0, 0.1) is 0 Å². The first-order valence-electron chi connectivity index (χ1n) is 6.62. The van der Waals surface area contributed by atoms with Crippen LogP contribution < -0.4 is 5.63 Å². The minimum absolute atomic E-state index is 0.0280. The van der Waals surface area contributed by atoms with Crippen molar-refractivity contribution in [3.63, 3.8) is 0 Å². The van der Waals surface area contributed by atoms with Crippen LogP contribution in [0.2, 0.25) is 0 Å². The Morgan fingerprint density at radius 1 is 0.810 bits per heavy atom. The third kappa shape index (κ3) is 1.82. The maximum Gasteiger partial charge on any atom is 0.336 e. The van der Waals surface area contributed by atoms with Gasteiger partial charge in [-0.05, 0) is 41.0 Å². The number of carbonyl (C=O) groups is 1. The van der Waals surface area contributed by atoms with Crippen LogP contribution in [0.3, 0.4) is 0 Å². The molecule has 100 valence electrons. The summed E-state index contributed by atoms with van der Waals surface area (Å²) in [5, 5.41) is 0.838. The first-order valence-corrected chi connectivity index (χ1v) is 6.62. The van der Waals surface area contributed by atoms with Gasteiger partial charge in [0.2, 0.25) is 0 Å². The first kappa shape index (κ1) is 11.9. The Labute approximate surface area is 120 Å². The average Bonchev–Trinajstić information content (AvgIpc) is 2.84. The highest BCUT2D eigenvalue weighted by Gasteiger charge is 2.21. The number of hydrogen-bond acceptors (Lipinski definition) is 3. The summed E-state index contributed by atoms with van der Waals surface area (Å²) in [6.45, 7) is 0. The van der Waals surface area contributed by atoms with Crippen LogP contribution in [0.5, 0.6) is 0 Å². The van der Waals surface area contributed by atoms with E-state index in [-0.39, 0.29) is 11.4 Å². The summed E-state index contributed by atoms with van der Waals surface area (Å²) in [6, 6.07) is 16.3. The van der Waals surface area contributed by atoms with Gasteiger partial charge in [-0.3, -0.25) is 4.79 Å². The highest BCUT2D eigenvalue weighted by atomic mass is 16.4. The van der Waals surface area contributed by atoms with Crippen molar-refractivity contribution in [1.29, 1.82) is 0 Å². The van der Waals surface area contributed by atoms with Gasteiger partial charge in [0.05, 0.1) is 0 Å². The molecule has 1 aliphatic carbocycles. The van der Waals surface area contributed by atoms with Crippen LogP contribution in [0.25, 0.3) is 16.5 Å². The van der Waals surface area contributed by atoms with E-state index in [0.29, 0.717) is 5.58 Å². The smallest absolute Gasteiger partial charge is 0.336 e. The second-order valence-corrected chi connectivity index (χ2v) is 4.97. The molecule has 0 N–H and O–H groups in total. The molecular weight excluding hydrogens is 264 g/mol. The van der Waals surface area contributed by atoms with Crippen molar-refractivity contribution in [2.75, 3.05) is 0 Å². The largest absolute Gasteiger partial charge is 0.423 e. The molecule has 3 aromatic rings. The van der Waals surface area contributed by atoms with Crippen molar-refractivity contribution in [1.82, 2.24) is 0 Å². The van der Waals surface area contributed by atoms with E-state index in [2.05, 4.69) is 0 Å². The van der Waals surface area contributed by atoms with Crippen molar-refractivity contribution in [2.24, 2.45) is 0 Å². The second kappa shape index (κ2) is 4.28. The van der Waals surface area contributed by atoms with E-state index in [1.165, 1.54) is 6.07 Å². The quantitative estimate of drug-likeness (QED) is 0.639. The molecule has 0 saturated carbocycles. The summed E-state index contributed by atoms with van der Waals surface area (Å²) < 4.78 is 5.13. The van der Waals surface area contributed by atoms with Crippen molar-refractivity contribution >= 4 is 22.3 Å². The lowest BCUT2D eigenvalue weighted by molar-refractivity contribution is 0.105. The van der Waals surface area contributed by atoms with Crippen molar-refractivity contribution < 1.29 is 9.21 Å². The molecule has 0 spiro atoms. The molecule has 0 bridgehead atoms. The van der Waals surface area contributed by atoms with Crippen LogP contribution >= 0.6 is 0 Å². The van der Waals surface area contributed by atoms with E-state index in [1.54, 1.807) is 18.2 Å². The fourth-order valence-electron chi connectivity index (χ4n) is 2.70. The van der Waals surface area contributed by atoms with E-state index in [9.17, 15) is 9.59 Å². The third-order valence-corrected chi connectivity index (χ3v) is 3.69. The molecule has 21 heavy (non-hydrogen) atoms. The lowest BCUT2D eigenvalue weighted by Gasteiger charge is -2.06. The summed E-state index contributed by atoms with van der Waals surface area (Å²) >= 11 is 0. The lowest BCUT2D eigenvalue weighted by Crippen LogP contribution is -1.94. The lowest BCUT2D eigenvalue weighted by atomic mass is 9.98. The van der Waals surface area contributed by atoms with Gasteiger partial charge in [-0.2, -0.15) is 0 Å². The zero-order valence-electron chi connectivity index (χ0n) is 11.0. The summed E-state index contributed by atoms with van der Waals surface area (Å²) in [5.74, 6) is 0.0280. The molecule has 0 atom stereocenters. The second-order valence-electron chi connectivity index (χ2n) is 4.97. The molecule has 1 aliphatic rings. The van der Waals surface area contributed by atoms with Crippen LogP contribution in [-0.2, 0) is 0 Å². The number of fused-ring (bicyclic) bond motifs is 2. The van der Waals surface area contributed by atoms with Gasteiger partial charge in [0.1, 0.15) is 5.58 Å². The minimum atomic E-state index is -0.365. The van der Waals surface area contributed by atoms with Crippen LogP contribution in [0.1, 0.15) is 21.5 Å². The van der Waals surface area contributed by atoms with Gasteiger partial charge in [-0.15, -0.1) is 0 Å². The van der Waals surface area contributed by atoms with Crippen molar-refractivity contribution in [2.45, 2.75) is 0 Å². The predicted octanol–water partition coefficient (Wildman–Crippen LogP) is 3.42. The molecule has 1 heterocycles. The predicted molar refractivity (Wildman–Crippen MR) is 80.3 cm³/mol. The fraction of sp³-hybridized carbons (Fsp3) is 0. The fourth-order valence-corrected chi connectivity index (χ4v) is 2.70. The molecule has 2 aromatic carbocycles. The zero-order chi connectivity index (χ0) is 14.4. The van der Waals surface area contributed by atoms with E-state index in [1.807, 2.05) is 36.4 Å². The van der Waals surface area contributed by atoms with E-state index in [4.69, 9.17) is 4.42 Å². The average molecular weight is 274 g/mol. The molecule has 0 aliphatic heterocycles. The minimum Gasteiger partial charge on any atom is -0.423 e. The normalized spacial score (nSPS) is 13.3. The molecular formula is C18H10O3. The van der Waals surface area contributed by atoms with Gasteiger partial charge in [0, 0.05) is 17.0 Å². The zero-order valence-corrected chi connectivity index (χ0v) is 11.0. The first-order chi connectivity index (χ1) is 10.2. The number of carbonyl (C=O) groups excluding carboxylic acids is 1. The summed E-state index contributed by atoms with van der Waals surface area (Å²) in [4.78, 5) is 23.2. The molecule has 4 rings (SSSR count). The Morgan fingerprint density at radius 3 is 2.48 bits per heavy atom. The molecule has 0 radical (unpaired) electrons. The SMILES string of the molecule is O=C1C=C(c2ccc3oc(=O)ccc3c2)c2ccccc21. The third-order valence-electron chi connectivity index (χ3n) is 3.69. The molecule has 0 fully saturated rings. The van der Waals surface area contributed by atoms with Crippen LogP contribution in [-0.4, -0.2) is 5.78 Å². The number of ketones is 1.